The first-order chi connectivity index (χ1) is 15.3. The Kier molecular flexibility index (Phi) is 6.26. The Labute approximate surface area is 191 Å². The predicted molar refractivity (Wildman–Crippen MR) is 127 cm³/mol. The molecule has 0 radical (unpaired) electrons. The molecule has 0 bridgehead atoms. The van der Waals surface area contributed by atoms with E-state index >= 15 is 0 Å². The highest BCUT2D eigenvalue weighted by atomic mass is 32.2. The maximum absolute atomic E-state index is 13.1. The molecule has 1 saturated heterocycles. The van der Waals surface area contributed by atoms with E-state index in [0.717, 1.165) is 28.9 Å². The number of carbonyl (C=O) groups is 1. The number of hydrogen-bond acceptors (Lipinski definition) is 4. The van der Waals surface area contributed by atoms with E-state index in [4.69, 9.17) is 0 Å². The Bertz CT molecular complexity index is 1230. The molecular formula is C24H23FN2O3S2. The fraction of sp³-hybridized carbons (Fsp3) is 0.208. The topological polar surface area (TPSA) is 66.5 Å². The zero-order chi connectivity index (χ0) is 22.9. The zero-order valence-electron chi connectivity index (χ0n) is 17.7. The van der Waals surface area contributed by atoms with Crippen LogP contribution in [0.15, 0.2) is 77.7 Å². The third kappa shape index (κ3) is 4.52. The largest absolute Gasteiger partial charge is 0.295 e. The minimum Gasteiger partial charge on any atom is -0.295 e. The molecule has 166 valence electrons. The average molecular weight is 471 g/mol. The van der Waals surface area contributed by atoms with Crippen LogP contribution in [0, 0.1) is 5.82 Å². The number of benzene rings is 3. The zero-order valence-corrected chi connectivity index (χ0v) is 19.3. The molecule has 32 heavy (non-hydrogen) atoms. The van der Waals surface area contributed by atoms with Crippen molar-refractivity contribution in [3.63, 3.8) is 0 Å². The van der Waals surface area contributed by atoms with Crippen LogP contribution >= 0.6 is 11.8 Å². The van der Waals surface area contributed by atoms with Crippen molar-refractivity contribution in [2.75, 3.05) is 15.4 Å². The maximum atomic E-state index is 13.1. The van der Waals surface area contributed by atoms with Crippen molar-refractivity contribution in [3.8, 4) is 0 Å². The lowest BCUT2D eigenvalue weighted by atomic mass is 10.00. The molecule has 1 aliphatic heterocycles. The second-order valence-electron chi connectivity index (χ2n) is 7.82. The number of rotatable bonds is 6. The molecule has 1 atom stereocenters. The van der Waals surface area contributed by atoms with Crippen LogP contribution in [0.1, 0.15) is 36.3 Å². The predicted octanol–water partition coefficient (Wildman–Crippen LogP) is 5.53. The van der Waals surface area contributed by atoms with Crippen molar-refractivity contribution >= 4 is 39.1 Å². The Hall–Kier alpha value is -2.84. The molecule has 1 amide bonds. The summed E-state index contributed by atoms with van der Waals surface area (Å²) in [4.78, 5) is 14.6. The highest BCUT2D eigenvalue weighted by Crippen LogP contribution is 2.44. The van der Waals surface area contributed by atoms with Gasteiger partial charge in [0.25, 0.3) is 10.0 Å². The van der Waals surface area contributed by atoms with Crippen LogP contribution in [0.2, 0.25) is 0 Å². The van der Waals surface area contributed by atoms with Gasteiger partial charge >= 0.3 is 0 Å². The standard InChI is InChI=1S/C24H23FN2O3S2/c1-16(2)21-5-3-4-6-22(21)27-23(28)15-31-24(27)17-7-11-19(12-8-17)26-32(29,30)20-13-9-18(25)10-14-20/h3-14,16,24,26H,15H2,1-2H3. The summed E-state index contributed by atoms with van der Waals surface area (Å²) in [5, 5.41) is -0.190. The van der Waals surface area contributed by atoms with Crippen LogP contribution in [0.4, 0.5) is 15.8 Å². The summed E-state index contributed by atoms with van der Waals surface area (Å²) >= 11 is 1.55. The van der Waals surface area contributed by atoms with Gasteiger partial charge < -0.3 is 0 Å². The minimum absolute atomic E-state index is 0.0172. The van der Waals surface area contributed by atoms with Gasteiger partial charge in [0.05, 0.1) is 10.6 Å². The molecule has 1 heterocycles. The second kappa shape index (κ2) is 8.96. The van der Waals surface area contributed by atoms with E-state index in [1.165, 1.54) is 12.1 Å². The maximum Gasteiger partial charge on any atom is 0.261 e. The quantitative estimate of drug-likeness (QED) is 0.515. The fourth-order valence-corrected chi connectivity index (χ4v) is 5.90. The molecule has 1 fully saturated rings. The van der Waals surface area contributed by atoms with Crippen LogP contribution in [0.25, 0.3) is 0 Å². The number of hydrogen-bond donors (Lipinski definition) is 1. The third-order valence-corrected chi connectivity index (χ3v) is 7.87. The van der Waals surface area contributed by atoms with Crippen LogP contribution in [0.5, 0.6) is 0 Å². The van der Waals surface area contributed by atoms with Gasteiger partial charge in [0.2, 0.25) is 5.91 Å². The van der Waals surface area contributed by atoms with Crippen molar-refractivity contribution in [1.82, 2.24) is 0 Å². The summed E-state index contributed by atoms with van der Waals surface area (Å²) in [6.45, 7) is 4.20. The van der Waals surface area contributed by atoms with Gasteiger partial charge in [-0.2, -0.15) is 0 Å². The summed E-state index contributed by atoms with van der Waals surface area (Å²) in [6.07, 6.45) is 0. The van der Waals surface area contributed by atoms with Crippen molar-refractivity contribution < 1.29 is 17.6 Å². The molecule has 1 N–H and O–H groups in total. The molecule has 0 saturated carbocycles. The van der Waals surface area contributed by atoms with Crippen LogP contribution in [0.3, 0.4) is 0 Å². The van der Waals surface area contributed by atoms with E-state index in [9.17, 15) is 17.6 Å². The van der Waals surface area contributed by atoms with Crippen LogP contribution in [-0.4, -0.2) is 20.1 Å². The van der Waals surface area contributed by atoms with Crippen molar-refractivity contribution in [1.29, 1.82) is 0 Å². The summed E-state index contributed by atoms with van der Waals surface area (Å²) in [7, 11) is -3.83. The van der Waals surface area contributed by atoms with Crippen LogP contribution in [-0.2, 0) is 14.8 Å². The van der Waals surface area contributed by atoms with Crippen molar-refractivity contribution in [3.05, 3.63) is 89.7 Å². The molecule has 3 aromatic rings. The molecule has 4 rings (SSSR count). The number of nitrogens with zero attached hydrogens (tertiary/aromatic N) is 1. The summed E-state index contributed by atoms with van der Waals surface area (Å²) in [5.41, 5.74) is 3.31. The van der Waals surface area contributed by atoms with Crippen molar-refractivity contribution in [2.45, 2.75) is 30.0 Å². The van der Waals surface area contributed by atoms with E-state index in [0.29, 0.717) is 11.4 Å². The number of thioether (sulfide) groups is 1. The van der Waals surface area contributed by atoms with E-state index in [2.05, 4.69) is 18.6 Å². The van der Waals surface area contributed by atoms with E-state index in [1.807, 2.05) is 41.3 Å². The first kappa shape index (κ1) is 22.4. The first-order valence-electron chi connectivity index (χ1n) is 10.2. The van der Waals surface area contributed by atoms with E-state index in [-0.39, 0.29) is 22.1 Å². The first-order valence-corrected chi connectivity index (χ1v) is 12.7. The van der Waals surface area contributed by atoms with Gasteiger partial charge in [0.1, 0.15) is 11.2 Å². The van der Waals surface area contributed by atoms with Crippen LogP contribution < -0.4 is 9.62 Å². The Morgan fingerprint density at radius 1 is 1.00 bits per heavy atom. The third-order valence-electron chi connectivity index (χ3n) is 5.26. The number of amides is 1. The Balaban J connectivity index is 1.58. The lowest BCUT2D eigenvalue weighted by Gasteiger charge is -2.27. The monoisotopic (exact) mass is 470 g/mol. The molecule has 1 aliphatic rings. The Morgan fingerprint density at radius 3 is 2.31 bits per heavy atom. The van der Waals surface area contributed by atoms with Gasteiger partial charge in [0.15, 0.2) is 0 Å². The molecule has 1 unspecified atom stereocenters. The molecule has 3 aromatic carbocycles. The number of para-hydroxylation sites is 1. The van der Waals surface area contributed by atoms with Gasteiger partial charge in [-0.1, -0.05) is 44.2 Å². The number of sulfonamides is 1. The van der Waals surface area contributed by atoms with Crippen molar-refractivity contribution in [2.24, 2.45) is 0 Å². The minimum atomic E-state index is -3.83. The van der Waals surface area contributed by atoms with Gasteiger partial charge in [-0.3, -0.25) is 14.4 Å². The summed E-state index contributed by atoms with van der Waals surface area (Å²) < 4.78 is 40.7. The fourth-order valence-electron chi connectivity index (χ4n) is 3.67. The Morgan fingerprint density at radius 2 is 1.66 bits per heavy atom. The summed E-state index contributed by atoms with van der Waals surface area (Å²) in [6, 6.07) is 19.6. The normalized spacial score (nSPS) is 16.6. The average Bonchev–Trinajstić information content (AvgIpc) is 3.15. The summed E-state index contributed by atoms with van der Waals surface area (Å²) in [5.74, 6) is 0.207. The van der Waals surface area contributed by atoms with E-state index in [1.54, 1.807) is 23.9 Å². The molecule has 8 heteroatoms. The smallest absolute Gasteiger partial charge is 0.261 e. The number of nitrogens with one attached hydrogen (secondary N) is 1. The van der Waals surface area contributed by atoms with Gasteiger partial charge in [0, 0.05) is 11.4 Å². The van der Waals surface area contributed by atoms with Gasteiger partial charge in [-0.25, -0.2) is 12.8 Å². The lowest BCUT2D eigenvalue weighted by Crippen LogP contribution is -2.29. The molecule has 0 spiro atoms. The van der Waals surface area contributed by atoms with Gasteiger partial charge in [-0.15, -0.1) is 11.8 Å². The van der Waals surface area contributed by atoms with Gasteiger partial charge in [-0.05, 0) is 59.5 Å². The second-order valence-corrected chi connectivity index (χ2v) is 10.6. The molecule has 5 nitrogen and oxygen atoms in total. The molecule has 0 aromatic heterocycles. The highest BCUT2D eigenvalue weighted by Gasteiger charge is 2.35. The lowest BCUT2D eigenvalue weighted by molar-refractivity contribution is -0.115. The van der Waals surface area contributed by atoms with E-state index < -0.39 is 15.8 Å². The highest BCUT2D eigenvalue weighted by molar-refractivity contribution is 8.00. The number of carbonyl (C=O) groups excluding carboxylic acids is 1. The number of anilines is 2. The SMILES string of the molecule is CC(C)c1ccccc1N1C(=O)CSC1c1ccc(NS(=O)(=O)c2ccc(F)cc2)cc1. The molecule has 0 aliphatic carbocycles. The number of halogens is 1. The molecular weight excluding hydrogens is 447 g/mol.